The number of nitrogens with zero attached hydrogens (tertiary/aromatic N) is 1. The van der Waals surface area contributed by atoms with E-state index in [1.807, 2.05) is 6.92 Å². The molecule has 0 aromatic carbocycles. The highest BCUT2D eigenvalue weighted by molar-refractivity contribution is 7.87. The topological polar surface area (TPSA) is 107 Å². The Kier molecular flexibility index (Phi) is 7.28. The number of hydrogen-bond acceptors (Lipinski definition) is 4. The Hall–Kier alpha value is -0.700. The van der Waals surface area contributed by atoms with Gasteiger partial charge in [0.05, 0.1) is 0 Å². The molecule has 0 radical (unpaired) electrons. The van der Waals surface area contributed by atoms with Gasteiger partial charge in [0.15, 0.2) is 6.10 Å². The van der Waals surface area contributed by atoms with Crippen LogP contribution in [0.5, 0.6) is 0 Å². The Labute approximate surface area is 102 Å². The second kappa shape index (κ2) is 7.59. The number of hydrogen-bond donors (Lipinski definition) is 3. The molecular formula is C9H20N2O5S. The summed E-state index contributed by atoms with van der Waals surface area (Å²) in [7, 11) is -2.12. The number of nitrogens with one attached hydrogen (secondary N) is 1. The molecule has 8 heteroatoms. The molecule has 0 fully saturated rings. The van der Waals surface area contributed by atoms with E-state index in [0.717, 1.165) is 12.8 Å². The molecule has 0 saturated carbocycles. The number of carbonyl (C=O) groups is 1. The monoisotopic (exact) mass is 268 g/mol. The smallest absolute Gasteiger partial charge is 0.332 e. The van der Waals surface area contributed by atoms with Gasteiger partial charge >= 0.3 is 5.97 Å². The van der Waals surface area contributed by atoms with Crippen LogP contribution in [0.15, 0.2) is 0 Å². The summed E-state index contributed by atoms with van der Waals surface area (Å²) >= 11 is 0. The largest absolute Gasteiger partial charge is 0.479 e. The Morgan fingerprint density at radius 3 is 2.53 bits per heavy atom. The predicted molar refractivity (Wildman–Crippen MR) is 62.7 cm³/mol. The fraction of sp³-hybridized carbons (Fsp3) is 0.889. The van der Waals surface area contributed by atoms with E-state index in [1.165, 1.54) is 11.4 Å². The lowest BCUT2D eigenvalue weighted by atomic mass is 10.3. The lowest BCUT2D eigenvalue weighted by Gasteiger charge is -2.17. The summed E-state index contributed by atoms with van der Waals surface area (Å²) in [6.07, 6.45) is -0.0539. The van der Waals surface area contributed by atoms with E-state index in [2.05, 4.69) is 4.72 Å². The van der Waals surface area contributed by atoms with Crippen LogP contribution in [-0.4, -0.2) is 55.1 Å². The summed E-state index contributed by atoms with van der Waals surface area (Å²) in [6.45, 7) is 2.26. The lowest BCUT2D eigenvalue weighted by Crippen LogP contribution is -2.40. The van der Waals surface area contributed by atoms with Crippen molar-refractivity contribution < 1.29 is 23.4 Å². The minimum absolute atomic E-state index is 0.105. The average molecular weight is 268 g/mol. The zero-order valence-electron chi connectivity index (χ0n) is 10.1. The summed E-state index contributed by atoms with van der Waals surface area (Å²) in [5.41, 5.74) is 0. The van der Waals surface area contributed by atoms with Crippen molar-refractivity contribution in [2.75, 3.05) is 20.1 Å². The van der Waals surface area contributed by atoms with Crippen LogP contribution in [0.4, 0.5) is 0 Å². The molecule has 0 spiro atoms. The molecular weight excluding hydrogens is 248 g/mol. The highest BCUT2D eigenvalue weighted by atomic mass is 32.2. The minimum atomic E-state index is -3.57. The van der Waals surface area contributed by atoms with Crippen LogP contribution in [0, 0.1) is 0 Å². The van der Waals surface area contributed by atoms with E-state index in [4.69, 9.17) is 10.2 Å². The Balaban J connectivity index is 4.05. The zero-order valence-corrected chi connectivity index (χ0v) is 10.9. The molecule has 17 heavy (non-hydrogen) atoms. The molecule has 1 unspecified atom stereocenters. The summed E-state index contributed by atoms with van der Waals surface area (Å²) in [5, 5.41) is 17.4. The van der Waals surface area contributed by atoms with Crippen molar-refractivity contribution in [3.63, 3.8) is 0 Å². The molecule has 0 saturated heterocycles. The summed E-state index contributed by atoms with van der Waals surface area (Å²) in [5.74, 6) is -1.36. The van der Waals surface area contributed by atoms with E-state index in [1.54, 1.807) is 0 Å². The number of unbranched alkanes of at least 4 members (excludes halogenated alkanes) is 1. The van der Waals surface area contributed by atoms with Gasteiger partial charge < -0.3 is 10.2 Å². The van der Waals surface area contributed by atoms with Gasteiger partial charge in [-0.3, -0.25) is 0 Å². The number of aliphatic carboxylic acids is 1. The number of rotatable bonds is 9. The lowest BCUT2D eigenvalue weighted by molar-refractivity contribution is -0.146. The van der Waals surface area contributed by atoms with Crippen LogP contribution in [0.3, 0.4) is 0 Å². The van der Waals surface area contributed by atoms with Crippen molar-refractivity contribution in [3.05, 3.63) is 0 Å². The van der Waals surface area contributed by atoms with Crippen LogP contribution in [-0.2, 0) is 15.0 Å². The molecule has 0 aromatic rings. The van der Waals surface area contributed by atoms with Crippen molar-refractivity contribution in [2.45, 2.75) is 32.3 Å². The van der Waals surface area contributed by atoms with E-state index in [0.29, 0.717) is 6.54 Å². The second-order valence-electron chi connectivity index (χ2n) is 3.72. The number of carboxylic acid groups (broad SMARTS) is 1. The molecule has 1 atom stereocenters. The third kappa shape index (κ3) is 6.57. The van der Waals surface area contributed by atoms with Gasteiger partial charge in [-0.25, -0.2) is 9.52 Å². The first-order valence-electron chi connectivity index (χ1n) is 5.43. The Morgan fingerprint density at radius 2 is 2.06 bits per heavy atom. The van der Waals surface area contributed by atoms with Crippen LogP contribution in [0.25, 0.3) is 0 Å². The molecule has 0 aliphatic heterocycles. The number of aliphatic hydroxyl groups excluding tert-OH is 1. The standard InChI is InChI=1S/C9H20N2O5S/c1-3-4-7-11(2)17(15,16)10-6-5-8(12)9(13)14/h8,10,12H,3-7H2,1-2H3,(H,13,14). The van der Waals surface area contributed by atoms with Crippen molar-refractivity contribution in [1.82, 2.24) is 9.03 Å². The van der Waals surface area contributed by atoms with Crippen molar-refractivity contribution in [1.29, 1.82) is 0 Å². The maximum absolute atomic E-state index is 11.6. The number of carboxylic acids is 1. The Bertz CT molecular complexity index is 330. The van der Waals surface area contributed by atoms with Gasteiger partial charge in [-0.15, -0.1) is 0 Å². The average Bonchev–Trinajstić information content (AvgIpc) is 2.25. The van der Waals surface area contributed by atoms with E-state index in [9.17, 15) is 13.2 Å². The second-order valence-corrected chi connectivity index (χ2v) is 5.58. The third-order valence-electron chi connectivity index (χ3n) is 2.22. The van der Waals surface area contributed by atoms with Gasteiger partial charge in [-0.1, -0.05) is 13.3 Å². The highest BCUT2D eigenvalue weighted by Crippen LogP contribution is 1.99. The number of aliphatic hydroxyl groups is 1. The first-order valence-corrected chi connectivity index (χ1v) is 6.87. The fourth-order valence-corrected chi connectivity index (χ4v) is 2.02. The first kappa shape index (κ1) is 16.3. The molecule has 3 N–H and O–H groups in total. The highest BCUT2D eigenvalue weighted by Gasteiger charge is 2.18. The van der Waals surface area contributed by atoms with Crippen LogP contribution in [0.1, 0.15) is 26.2 Å². The van der Waals surface area contributed by atoms with Gasteiger partial charge in [0, 0.05) is 20.1 Å². The summed E-state index contributed by atoms with van der Waals surface area (Å²) in [4.78, 5) is 10.3. The third-order valence-corrected chi connectivity index (χ3v) is 3.80. The zero-order chi connectivity index (χ0) is 13.5. The minimum Gasteiger partial charge on any atom is -0.479 e. The SMILES string of the molecule is CCCCN(C)S(=O)(=O)NCCC(O)C(=O)O. The quantitative estimate of drug-likeness (QED) is 0.517. The first-order chi connectivity index (χ1) is 7.81. The molecule has 0 heterocycles. The normalized spacial score (nSPS) is 13.9. The molecule has 0 aromatic heterocycles. The van der Waals surface area contributed by atoms with Gasteiger partial charge in [0.2, 0.25) is 0 Å². The summed E-state index contributed by atoms with van der Waals surface area (Å²) in [6, 6.07) is 0. The van der Waals surface area contributed by atoms with Gasteiger partial charge in [-0.2, -0.15) is 12.7 Å². The molecule has 7 nitrogen and oxygen atoms in total. The van der Waals surface area contributed by atoms with E-state index >= 15 is 0 Å². The molecule has 0 bridgehead atoms. The van der Waals surface area contributed by atoms with Crippen LogP contribution < -0.4 is 4.72 Å². The summed E-state index contributed by atoms with van der Waals surface area (Å²) < 4.78 is 26.5. The maximum Gasteiger partial charge on any atom is 0.332 e. The van der Waals surface area contributed by atoms with Crippen molar-refractivity contribution in [2.24, 2.45) is 0 Å². The predicted octanol–water partition coefficient (Wildman–Crippen LogP) is -0.612. The van der Waals surface area contributed by atoms with E-state index < -0.39 is 22.3 Å². The van der Waals surface area contributed by atoms with Crippen LogP contribution >= 0.6 is 0 Å². The Morgan fingerprint density at radius 1 is 1.47 bits per heavy atom. The van der Waals surface area contributed by atoms with Crippen LogP contribution in [0.2, 0.25) is 0 Å². The van der Waals surface area contributed by atoms with Gasteiger partial charge in [0.1, 0.15) is 0 Å². The maximum atomic E-state index is 11.6. The van der Waals surface area contributed by atoms with E-state index in [-0.39, 0.29) is 13.0 Å². The van der Waals surface area contributed by atoms with Crippen molar-refractivity contribution >= 4 is 16.2 Å². The van der Waals surface area contributed by atoms with Gasteiger partial charge in [-0.05, 0) is 12.8 Å². The molecule has 0 aliphatic carbocycles. The van der Waals surface area contributed by atoms with Crippen molar-refractivity contribution in [3.8, 4) is 0 Å². The fourth-order valence-electron chi connectivity index (χ4n) is 1.06. The van der Waals surface area contributed by atoms with Gasteiger partial charge in [0.25, 0.3) is 10.2 Å². The molecule has 0 aliphatic rings. The molecule has 0 amide bonds. The molecule has 102 valence electrons. The molecule has 0 rings (SSSR count).